The smallest absolute Gasteiger partial charge is 0.255 e. The molecule has 5 heteroatoms. The molecule has 3 N–H and O–H groups in total. The molecule has 0 aliphatic carbocycles. The van der Waals surface area contributed by atoms with Gasteiger partial charge in [-0.3, -0.25) is 9.78 Å². The predicted molar refractivity (Wildman–Crippen MR) is 64.6 cm³/mol. The maximum Gasteiger partial charge on any atom is 0.255 e. The van der Waals surface area contributed by atoms with E-state index in [1.807, 2.05) is 6.92 Å². The number of nitrogens with one attached hydrogen (secondary N) is 1. The molecule has 92 valence electrons. The molecule has 0 spiro atoms. The lowest BCUT2D eigenvalue weighted by molar-refractivity contribution is 0.0712. The van der Waals surface area contributed by atoms with Gasteiger partial charge >= 0.3 is 0 Å². The van der Waals surface area contributed by atoms with Crippen LogP contribution in [-0.2, 0) is 4.74 Å². The second-order valence-electron chi connectivity index (χ2n) is 4.28. The van der Waals surface area contributed by atoms with Crippen LogP contribution in [-0.4, -0.2) is 29.6 Å². The molecule has 2 rings (SSSR count). The first-order valence-corrected chi connectivity index (χ1v) is 5.80. The largest absolute Gasteiger partial charge is 0.398 e. The summed E-state index contributed by atoms with van der Waals surface area (Å²) in [5.74, 6) is -0.196. The zero-order chi connectivity index (χ0) is 12.3. The van der Waals surface area contributed by atoms with E-state index in [0.29, 0.717) is 11.3 Å². The Balaban J connectivity index is 1.99. The number of carbonyl (C=O) groups is 1. The Morgan fingerprint density at radius 1 is 1.71 bits per heavy atom. The molecule has 1 amide bonds. The molecule has 0 bridgehead atoms. The molecule has 1 aromatic heterocycles. The van der Waals surface area contributed by atoms with Crippen LogP contribution < -0.4 is 11.1 Å². The zero-order valence-corrected chi connectivity index (χ0v) is 9.85. The molecule has 1 aliphatic rings. The van der Waals surface area contributed by atoms with E-state index in [2.05, 4.69) is 10.3 Å². The SMILES string of the molecule is CC(NC(=O)c1cnccc1N)C1CCCO1. The third kappa shape index (κ3) is 2.74. The highest BCUT2D eigenvalue weighted by Gasteiger charge is 2.24. The third-order valence-electron chi connectivity index (χ3n) is 2.98. The molecular weight excluding hydrogens is 218 g/mol. The van der Waals surface area contributed by atoms with Crippen molar-refractivity contribution in [1.82, 2.24) is 10.3 Å². The van der Waals surface area contributed by atoms with Crippen LogP contribution in [0.15, 0.2) is 18.5 Å². The normalized spacial score (nSPS) is 21.1. The van der Waals surface area contributed by atoms with Gasteiger partial charge in [-0.2, -0.15) is 0 Å². The minimum atomic E-state index is -0.196. The van der Waals surface area contributed by atoms with Gasteiger partial charge in [0.05, 0.1) is 17.7 Å². The number of anilines is 1. The lowest BCUT2D eigenvalue weighted by Gasteiger charge is -2.20. The van der Waals surface area contributed by atoms with Gasteiger partial charge in [-0.25, -0.2) is 0 Å². The topological polar surface area (TPSA) is 77.2 Å². The number of rotatable bonds is 3. The van der Waals surface area contributed by atoms with Crippen LogP contribution in [0.2, 0.25) is 0 Å². The number of pyridine rings is 1. The molecule has 0 radical (unpaired) electrons. The summed E-state index contributed by atoms with van der Waals surface area (Å²) in [5.41, 5.74) is 6.57. The lowest BCUT2D eigenvalue weighted by atomic mass is 10.1. The Kier molecular flexibility index (Phi) is 3.58. The Hall–Kier alpha value is -1.62. The van der Waals surface area contributed by atoms with Gasteiger partial charge < -0.3 is 15.8 Å². The van der Waals surface area contributed by atoms with E-state index >= 15 is 0 Å². The van der Waals surface area contributed by atoms with Crippen molar-refractivity contribution in [1.29, 1.82) is 0 Å². The van der Waals surface area contributed by atoms with Crippen molar-refractivity contribution >= 4 is 11.6 Å². The summed E-state index contributed by atoms with van der Waals surface area (Å²) in [5, 5.41) is 2.90. The highest BCUT2D eigenvalue weighted by molar-refractivity contribution is 5.98. The molecule has 1 fully saturated rings. The van der Waals surface area contributed by atoms with Gasteiger partial charge in [-0.15, -0.1) is 0 Å². The van der Waals surface area contributed by atoms with Crippen molar-refractivity contribution in [3.05, 3.63) is 24.0 Å². The van der Waals surface area contributed by atoms with Crippen molar-refractivity contribution in [2.45, 2.75) is 31.9 Å². The Labute approximate surface area is 100 Å². The Morgan fingerprint density at radius 2 is 2.53 bits per heavy atom. The third-order valence-corrected chi connectivity index (χ3v) is 2.98. The summed E-state index contributed by atoms with van der Waals surface area (Å²) in [4.78, 5) is 15.8. The highest BCUT2D eigenvalue weighted by atomic mass is 16.5. The second-order valence-corrected chi connectivity index (χ2v) is 4.28. The lowest BCUT2D eigenvalue weighted by Crippen LogP contribution is -2.41. The van der Waals surface area contributed by atoms with Gasteiger partial charge in [0.25, 0.3) is 5.91 Å². The van der Waals surface area contributed by atoms with Crippen LogP contribution in [0, 0.1) is 0 Å². The fourth-order valence-electron chi connectivity index (χ4n) is 1.97. The molecular formula is C12H17N3O2. The number of nitrogens with two attached hydrogens (primary N) is 1. The molecule has 0 aromatic carbocycles. The molecule has 1 aromatic rings. The minimum absolute atomic E-state index is 0.00962. The van der Waals surface area contributed by atoms with E-state index in [4.69, 9.17) is 10.5 Å². The average molecular weight is 235 g/mol. The standard InChI is InChI=1S/C12H17N3O2/c1-8(11-3-2-6-17-11)15-12(16)9-7-14-5-4-10(9)13/h4-5,7-8,11H,2-3,6H2,1H3,(H2,13,14)(H,15,16). The summed E-state index contributed by atoms with van der Waals surface area (Å²) < 4.78 is 5.52. The number of hydrogen-bond donors (Lipinski definition) is 2. The summed E-state index contributed by atoms with van der Waals surface area (Å²) in [7, 11) is 0. The maximum absolute atomic E-state index is 11.9. The van der Waals surface area contributed by atoms with Crippen LogP contribution in [0.1, 0.15) is 30.1 Å². The first kappa shape index (κ1) is 11.9. The Morgan fingerprint density at radius 3 is 3.18 bits per heavy atom. The average Bonchev–Trinajstić information content (AvgIpc) is 2.82. The van der Waals surface area contributed by atoms with E-state index in [1.165, 1.54) is 6.20 Å². The number of aromatic nitrogens is 1. The highest BCUT2D eigenvalue weighted by Crippen LogP contribution is 2.16. The number of nitrogen functional groups attached to an aromatic ring is 1. The first-order valence-electron chi connectivity index (χ1n) is 5.80. The second kappa shape index (κ2) is 5.14. The number of amides is 1. The van der Waals surface area contributed by atoms with Crippen molar-refractivity contribution in [3.63, 3.8) is 0 Å². The van der Waals surface area contributed by atoms with Crippen molar-refractivity contribution in [2.24, 2.45) is 0 Å². The van der Waals surface area contributed by atoms with Gasteiger partial charge in [0.15, 0.2) is 0 Å². The molecule has 2 heterocycles. The molecule has 2 unspecified atom stereocenters. The molecule has 5 nitrogen and oxygen atoms in total. The monoisotopic (exact) mass is 235 g/mol. The first-order chi connectivity index (χ1) is 8.18. The Bertz CT molecular complexity index is 402. The summed E-state index contributed by atoms with van der Waals surface area (Å²) >= 11 is 0. The number of ether oxygens (including phenoxy) is 1. The fourth-order valence-corrected chi connectivity index (χ4v) is 1.97. The van der Waals surface area contributed by atoms with E-state index in [-0.39, 0.29) is 18.1 Å². The summed E-state index contributed by atoms with van der Waals surface area (Å²) in [6, 6.07) is 1.61. The zero-order valence-electron chi connectivity index (χ0n) is 9.85. The van der Waals surface area contributed by atoms with Crippen LogP contribution in [0.25, 0.3) is 0 Å². The minimum Gasteiger partial charge on any atom is -0.398 e. The summed E-state index contributed by atoms with van der Waals surface area (Å²) in [6.07, 6.45) is 5.20. The van der Waals surface area contributed by atoms with E-state index < -0.39 is 0 Å². The molecule has 1 saturated heterocycles. The van der Waals surface area contributed by atoms with Crippen molar-refractivity contribution in [2.75, 3.05) is 12.3 Å². The summed E-state index contributed by atoms with van der Waals surface area (Å²) in [6.45, 7) is 2.72. The van der Waals surface area contributed by atoms with Crippen LogP contribution >= 0.6 is 0 Å². The molecule has 17 heavy (non-hydrogen) atoms. The van der Waals surface area contributed by atoms with E-state index in [1.54, 1.807) is 12.3 Å². The van der Waals surface area contributed by atoms with Gasteiger partial charge in [0, 0.05) is 24.7 Å². The van der Waals surface area contributed by atoms with Gasteiger partial charge in [-0.05, 0) is 25.8 Å². The number of hydrogen-bond acceptors (Lipinski definition) is 4. The van der Waals surface area contributed by atoms with Crippen molar-refractivity contribution < 1.29 is 9.53 Å². The van der Waals surface area contributed by atoms with Gasteiger partial charge in [-0.1, -0.05) is 0 Å². The van der Waals surface area contributed by atoms with Crippen LogP contribution in [0.5, 0.6) is 0 Å². The van der Waals surface area contributed by atoms with E-state index in [0.717, 1.165) is 19.4 Å². The van der Waals surface area contributed by atoms with Gasteiger partial charge in [0.1, 0.15) is 0 Å². The van der Waals surface area contributed by atoms with Gasteiger partial charge in [0.2, 0.25) is 0 Å². The quantitative estimate of drug-likeness (QED) is 0.818. The van der Waals surface area contributed by atoms with E-state index in [9.17, 15) is 4.79 Å². The van der Waals surface area contributed by atoms with Crippen LogP contribution in [0.4, 0.5) is 5.69 Å². The fraction of sp³-hybridized carbons (Fsp3) is 0.500. The number of nitrogens with zero attached hydrogens (tertiary/aromatic N) is 1. The van der Waals surface area contributed by atoms with Crippen molar-refractivity contribution in [3.8, 4) is 0 Å². The predicted octanol–water partition coefficient (Wildman–Crippen LogP) is 0.961. The number of carbonyl (C=O) groups excluding carboxylic acids is 1. The maximum atomic E-state index is 11.9. The molecule has 0 saturated carbocycles. The van der Waals surface area contributed by atoms with Crippen LogP contribution in [0.3, 0.4) is 0 Å². The molecule has 2 atom stereocenters. The molecule has 1 aliphatic heterocycles.